The largest absolute Gasteiger partial charge is 0.378 e. The molecule has 1 aromatic carbocycles. The molecule has 0 aromatic heterocycles. The number of carbonyl (C=O) groups is 1. The standard InChI is InChI=1S/C19H28N2O2.ClH/c20-17-7-6-16(14-17)19(22)21-11-8-18(9-12-21)23-13-10-15-4-2-1-3-5-15;/h1-5,16-18H,6-14,20H2;1H. The molecule has 5 heteroatoms. The van der Waals surface area contributed by atoms with Gasteiger partial charge in [0.15, 0.2) is 0 Å². The van der Waals surface area contributed by atoms with Gasteiger partial charge < -0.3 is 15.4 Å². The smallest absolute Gasteiger partial charge is 0.225 e. The summed E-state index contributed by atoms with van der Waals surface area (Å²) in [5.41, 5.74) is 7.24. The second-order valence-electron chi connectivity index (χ2n) is 6.90. The number of rotatable bonds is 5. The van der Waals surface area contributed by atoms with E-state index in [0.29, 0.717) is 12.0 Å². The maximum atomic E-state index is 12.5. The number of ether oxygens (including phenoxy) is 1. The van der Waals surface area contributed by atoms with Gasteiger partial charge in [-0.2, -0.15) is 0 Å². The Balaban J connectivity index is 0.00000208. The summed E-state index contributed by atoms with van der Waals surface area (Å²) in [5, 5.41) is 0. The topological polar surface area (TPSA) is 55.6 Å². The summed E-state index contributed by atoms with van der Waals surface area (Å²) >= 11 is 0. The molecule has 0 bridgehead atoms. The van der Waals surface area contributed by atoms with Crippen LogP contribution >= 0.6 is 12.4 Å². The van der Waals surface area contributed by atoms with Crippen molar-refractivity contribution in [2.24, 2.45) is 11.7 Å². The van der Waals surface area contributed by atoms with E-state index >= 15 is 0 Å². The molecule has 2 fully saturated rings. The highest BCUT2D eigenvalue weighted by molar-refractivity contribution is 5.85. The van der Waals surface area contributed by atoms with Gasteiger partial charge in [-0.1, -0.05) is 30.3 Å². The Morgan fingerprint density at radius 2 is 1.83 bits per heavy atom. The fraction of sp³-hybridized carbons (Fsp3) is 0.632. The molecule has 1 amide bonds. The lowest BCUT2D eigenvalue weighted by Gasteiger charge is -2.33. The van der Waals surface area contributed by atoms with E-state index in [1.165, 1.54) is 5.56 Å². The first-order valence-electron chi connectivity index (χ1n) is 8.92. The molecule has 2 unspecified atom stereocenters. The molecular formula is C19H29ClN2O2. The molecule has 0 radical (unpaired) electrons. The molecular weight excluding hydrogens is 324 g/mol. The monoisotopic (exact) mass is 352 g/mol. The van der Waals surface area contributed by atoms with Crippen molar-refractivity contribution in [2.45, 2.75) is 50.7 Å². The SMILES string of the molecule is Cl.NC1CCC(C(=O)N2CCC(OCCc3ccccc3)CC2)C1. The van der Waals surface area contributed by atoms with Crippen LogP contribution in [-0.4, -0.2) is 42.6 Å². The Morgan fingerprint density at radius 3 is 2.46 bits per heavy atom. The molecule has 1 aliphatic carbocycles. The maximum absolute atomic E-state index is 12.5. The number of halogens is 1. The molecule has 1 aromatic rings. The van der Waals surface area contributed by atoms with Crippen LogP contribution in [0.25, 0.3) is 0 Å². The second-order valence-corrected chi connectivity index (χ2v) is 6.90. The first kappa shape index (κ1) is 19.2. The minimum absolute atomic E-state index is 0. The highest BCUT2D eigenvalue weighted by atomic mass is 35.5. The van der Waals surface area contributed by atoms with Gasteiger partial charge in [-0.15, -0.1) is 12.4 Å². The van der Waals surface area contributed by atoms with Crippen molar-refractivity contribution in [3.8, 4) is 0 Å². The van der Waals surface area contributed by atoms with Crippen LogP contribution < -0.4 is 5.73 Å². The molecule has 134 valence electrons. The van der Waals surface area contributed by atoms with Gasteiger partial charge >= 0.3 is 0 Å². The number of nitrogens with two attached hydrogens (primary N) is 1. The number of likely N-dealkylation sites (tertiary alicyclic amines) is 1. The summed E-state index contributed by atoms with van der Waals surface area (Å²) in [4.78, 5) is 14.5. The molecule has 2 atom stereocenters. The summed E-state index contributed by atoms with van der Waals surface area (Å²) in [6, 6.07) is 10.7. The van der Waals surface area contributed by atoms with E-state index in [1.807, 2.05) is 11.0 Å². The minimum Gasteiger partial charge on any atom is -0.378 e. The lowest BCUT2D eigenvalue weighted by Crippen LogP contribution is -2.43. The van der Waals surface area contributed by atoms with Crippen molar-refractivity contribution in [3.05, 3.63) is 35.9 Å². The van der Waals surface area contributed by atoms with Gasteiger partial charge in [0.2, 0.25) is 5.91 Å². The quantitative estimate of drug-likeness (QED) is 0.886. The first-order valence-corrected chi connectivity index (χ1v) is 8.92. The molecule has 1 saturated carbocycles. The molecule has 1 aliphatic heterocycles. The third-order valence-corrected chi connectivity index (χ3v) is 5.16. The Kier molecular flexibility index (Phi) is 7.53. The predicted octanol–water partition coefficient (Wildman–Crippen LogP) is 2.79. The number of amides is 1. The van der Waals surface area contributed by atoms with E-state index in [1.54, 1.807) is 0 Å². The maximum Gasteiger partial charge on any atom is 0.225 e. The zero-order valence-corrected chi connectivity index (χ0v) is 15.0. The zero-order valence-electron chi connectivity index (χ0n) is 14.2. The van der Waals surface area contributed by atoms with E-state index in [9.17, 15) is 4.79 Å². The Bertz CT molecular complexity index is 503. The summed E-state index contributed by atoms with van der Waals surface area (Å²) in [7, 11) is 0. The number of hydrogen-bond donors (Lipinski definition) is 1. The highest BCUT2D eigenvalue weighted by Crippen LogP contribution is 2.27. The van der Waals surface area contributed by atoms with Crippen molar-refractivity contribution >= 4 is 18.3 Å². The Hall–Kier alpha value is -1.10. The summed E-state index contributed by atoms with van der Waals surface area (Å²) in [6.45, 7) is 2.43. The average Bonchev–Trinajstić information content (AvgIpc) is 3.02. The zero-order chi connectivity index (χ0) is 16.1. The third-order valence-electron chi connectivity index (χ3n) is 5.16. The van der Waals surface area contributed by atoms with Crippen molar-refractivity contribution < 1.29 is 9.53 Å². The Labute approximate surface area is 151 Å². The van der Waals surface area contributed by atoms with Crippen LogP contribution in [0.5, 0.6) is 0 Å². The number of benzene rings is 1. The van der Waals surface area contributed by atoms with Crippen molar-refractivity contribution in [2.75, 3.05) is 19.7 Å². The molecule has 3 rings (SSSR count). The van der Waals surface area contributed by atoms with Gasteiger partial charge in [0, 0.05) is 25.0 Å². The minimum atomic E-state index is 0. The van der Waals surface area contributed by atoms with Gasteiger partial charge in [-0.3, -0.25) is 4.79 Å². The van der Waals surface area contributed by atoms with Crippen LogP contribution in [0, 0.1) is 5.92 Å². The molecule has 0 spiro atoms. The van der Waals surface area contributed by atoms with E-state index in [4.69, 9.17) is 10.5 Å². The van der Waals surface area contributed by atoms with Crippen LogP contribution in [0.1, 0.15) is 37.7 Å². The lowest BCUT2D eigenvalue weighted by atomic mass is 10.0. The van der Waals surface area contributed by atoms with Gasteiger partial charge in [0.1, 0.15) is 0 Å². The normalized spacial score (nSPS) is 24.6. The number of nitrogens with zero attached hydrogens (tertiary/aromatic N) is 1. The lowest BCUT2D eigenvalue weighted by molar-refractivity contribution is -0.138. The summed E-state index contributed by atoms with van der Waals surface area (Å²) < 4.78 is 6.00. The van der Waals surface area contributed by atoms with Crippen LogP contribution in [0.4, 0.5) is 0 Å². The van der Waals surface area contributed by atoms with Gasteiger partial charge in [0.25, 0.3) is 0 Å². The molecule has 4 nitrogen and oxygen atoms in total. The fourth-order valence-electron chi connectivity index (χ4n) is 3.73. The van der Waals surface area contributed by atoms with E-state index < -0.39 is 0 Å². The van der Waals surface area contributed by atoms with Crippen molar-refractivity contribution in [1.29, 1.82) is 0 Å². The summed E-state index contributed by atoms with van der Waals surface area (Å²) in [6.07, 6.45) is 6.00. The van der Waals surface area contributed by atoms with Crippen LogP contribution in [0.15, 0.2) is 30.3 Å². The molecule has 2 aliphatic rings. The third kappa shape index (κ3) is 5.20. The fourth-order valence-corrected chi connectivity index (χ4v) is 3.73. The molecule has 24 heavy (non-hydrogen) atoms. The van der Waals surface area contributed by atoms with E-state index in [-0.39, 0.29) is 24.4 Å². The highest BCUT2D eigenvalue weighted by Gasteiger charge is 2.32. The molecule has 1 saturated heterocycles. The Morgan fingerprint density at radius 1 is 1.12 bits per heavy atom. The number of piperidine rings is 1. The van der Waals surface area contributed by atoms with Crippen LogP contribution in [-0.2, 0) is 16.0 Å². The van der Waals surface area contributed by atoms with Crippen LogP contribution in [0.2, 0.25) is 0 Å². The van der Waals surface area contributed by atoms with Crippen LogP contribution in [0.3, 0.4) is 0 Å². The van der Waals surface area contributed by atoms with Crippen molar-refractivity contribution in [1.82, 2.24) is 4.90 Å². The number of hydrogen-bond acceptors (Lipinski definition) is 3. The van der Waals surface area contributed by atoms with E-state index in [0.717, 1.165) is 58.2 Å². The first-order chi connectivity index (χ1) is 11.2. The van der Waals surface area contributed by atoms with Gasteiger partial charge in [-0.25, -0.2) is 0 Å². The van der Waals surface area contributed by atoms with Gasteiger partial charge in [0.05, 0.1) is 12.7 Å². The second kappa shape index (κ2) is 9.40. The average molecular weight is 353 g/mol. The van der Waals surface area contributed by atoms with Crippen molar-refractivity contribution in [3.63, 3.8) is 0 Å². The number of carbonyl (C=O) groups excluding carboxylic acids is 1. The molecule has 2 N–H and O–H groups in total. The summed E-state index contributed by atoms with van der Waals surface area (Å²) in [5.74, 6) is 0.487. The van der Waals surface area contributed by atoms with Gasteiger partial charge in [-0.05, 0) is 44.1 Å². The van der Waals surface area contributed by atoms with E-state index in [2.05, 4.69) is 24.3 Å². The predicted molar refractivity (Wildman–Crippen MR) is 98.3 cm³/mol. The molecule has 1 heterocycles.